The molecular formula is C17H26N2. The molecule has 5 rings (SSSR count). The molecule has 0 heterocycles. The van der Waals surface area contributed by atoms with Crippen LogP contribution in [0.5, 0.6) is 0 Å². The normalized spacial score (nSPS) is 46.4. The van der Waals surface area contributed by atoms with Gasteiger partial charge in [0, 0.05) is 6.54 Å². The van der Waals surface area contributed by atoms with Crippen molar-refractivity contribution in [3.63, 3.8) is 0 Å². The predicted octanol–water partition coefficient (Wildman–Crippen LogP) is 3.63. The van der Waals surface area contributed by atoms with Crippen LogP contribution >= 0.6 is 0 Å². The molecule has 0 aliphatic heterocycles. The van der Waals surface area contributed by atoms with E-state index in [0.29, 0.717) is 5.41 Å². The molecule has 0 saturated heterocycles. The SMILES string of the molecule is N#CC1(NCC23CC4CC(CC(C4)C2)C3)CCCC1. The molecular weight excluding hydrogens is 232 g/mol. The first kappa shape index (κ1) is 12.2. The van der Waals surface area contributed by atoms with Gasteiger partial charge >= 0.3 is 0 Å². The van der Waals surface area contributed by atoms with E-state index in [4.69, 9.17) is 0 Å². The molecule has 4 bridgehead atoms. The molecule has 1 N–H and O–H groups in total. The molecule has 0 radical (unpaired) electrons. The lowest BCUT2D eigenvalue weighted by Crippen LogP contribution is -2.54. The van der Waals surface area contributed by atoms with Crippen molar-refractivity contribution >= 4 is 0 Å². The van der Waals surface area contributed by atoms with Gasteiger partial charge in [-0.2, -0.15) is 5.26 Å². The zero-order valence-electron chi connectivity index (χ0n) is 12.0. The topological polar surface area (TPSA) is 35.8 Å². The second-order valence-electron chi connectivity index (χ2n) is 8.17. The highest BCUT2D eigenvalue weighted by Gasteiger charge is 2.51. The van der Waals surface area contributed by atoms with Crippen LogP contribution in [0.4, 0.5) is 0 Å². The van der Waals surface area contributed by atoms with Crippen molar-refractivity contribution in [2.45, 2.75) is 69.7 Å². The number of hydrogen-bond acceptors (Lipinski definition) is 2. The first-order valence-electron chi connectivity index (χ1n) is 8.37. The van der Waals surface area contributed by atoms with Crippen LogP contribution in [0.25, 0.3) is 0 Å². The molecule has 2 nitrogen and oxygen atoms in total. The Kier molecular flexibility index (Phi) is 2.71. The summed E-state index contributed by atoms with van der Waals surface area (Å²) in [5.41, 5.74) is 0.407. The largest absolute Gasteiger partial charge is 0.299 e. The molecule has 0 amide bonds. The molecule has 5 aliphatic rings. The minimum absolute atomic E-state index is 0.163. The number of nitriles is 1. The maximum atomic E-state index is 9.52. The lowest BCUT2D eigenvalue weighted by Gasteiger charge is -2.57. The van der Waals surface area contributed by atoms with Crippen molar-refractivity contribution < 1.29 is 0 Å². The van der Waals surface area contributed by atoms with Gasteiger partial charge in [-0.1, -0.05) is 12.8 Å². The molecule has 5 fully saturated rings. The van der Waals surface area contributed by atoms with Crippen LogP contribution in [0.2, 0.25) is 0 Å². The van der Waals surface area contributed by atoms with Crippen LogP contribution in [0.15, 0.2) is 0 Å². The Hall–Kier alpha value is -0.550. The van der Waals surface area contributed by atoms with Gasteiger partial charge in [-0.3, -0.25) is 5.32 Å². The van der Waals surface area contributed by atoms with Crippen LogP contribution < -0.4 is 5.32 Å². The van der Waals surface area contributed by atoms with Crippen LogP contribution in [-0.4, -0.2) is 12.1 Å². The van der Waals surface area contributed by atoms with Gasteiger partial charge in [0.15, 0.2) is 0 Å². The van der Waals surface area contributed by atoms with Crippen LogP contribution in [0.3, 0.4) is 0 Å². The highest BCUT2D eigenvalue weighted by Crippen LogP contribution is 2.59. The van der Waals surface area contributed by atoms with E-state index in [1.54, 1.807) is 0 Å². The lowest BCUT2D eigenvalue weighted by molar-refractivity contribution is -0.0535. The number of hydrogen-bond donors (Lipinski definition) is 1. The average molecular weight is 258 g/mol. The van der Waals surface area contributed by atoms with Crippen molar-refractivity contribution in [2.24, 2.45) is 23.2 Å². The molecule has 2 heteroatoms. The molecule has 0 atom stereocenters. The Morgan fingerprint density at radius 2 is 1.47 bits per heavy atom. The smallest absolute Gasteiger partial charge is 0.106 e. The summed E-state index contributed by atoms with van der Waals surface area (Å²) < 4.78 is 0. The summed E-state index contributed by atoms with van der Waals surface area (Å²) in [6.45, 7) is 1.13. The van der Waals surface area contributed by atoms with Crippen LogP contribution in [0, 0.1) is 34.5 Å². The fourth-order valence-corrected chi connectivity index (χ4v) is 6.17. The molecule has 104 valence electrons. The fraction of sp³-hybridized carbons (Fsp3) is 0.941. The summed E-state index contributed by atoms with van der Waals surface area (Å²) in [5, 5.41) is 13.3. The first-order chi connectivity index (χ1) is 9.21. The summed E-state index contributed by atoms with van der Waals surface area (Å²) in [6.07, 6.45) is 13.5. The second-order valence-corrected chi connectivity index (χ2v) is 8.17. The Morgan fingerprint density at radius 3 is 1.95 bits per heavy atom. The summed E-state index contributed by atoms with van der Waals surface area (Å²) in [7, 11) is 0. The highest BCUT2D eigenvalue weighted by molar-refractivity contribution is 5.11. The van der Waals surface area contributed by atoms with Gasteiger partial charge in [0.25, 0.3) is 0 Å². The monoisotopic (exact) mass is 258 g/mol. The van der Waals surface area contributed by atoms with Gasteiger partial charge in [0.05, 0.1) is 6.07 Å². The molecule has 0 spiro atoms. The molecule has 19 heavy (non-hydrogen) atoms. The van der Waals surface area contributed by atoms with Crippen molar-refractivity contribution in [2.75, 3.05) is 6.54 Å². The van der Waals surface area contributed by atoms with Crippen molar-refractivity contribution in [1.82, 2.24) is 5.32 Å². The molecule has 5 saturated carbocycles. The third-order valence-corrected chi connectivity index (χ3v) is 6.64. The average Bonchev–Trinajstić information content (AvgIpc) is 2.84. The lowest BCUT2D eigenvalue weighted by atomic mass is 9.49. The van der Waals surface area contributed by atoms with Gasteiger partial charge in [0.1, 0.15) is 5.54 Å². The molecule has 5 aliphatic carbocycles. The van der Waals surface area contributed by atoms with Crippen molar-refractivity contribution in [3.05, 3.63) is 0 Å². The Morgan fingerprint density at radius 1 is 0.947 bits per heavy atom. The zero-order chi connectivity index (χ0) is 12.9. The Labute approximate surface area is 116 Å². The third-order valence-electron chi connectivity index (χ3n) is 6.64. The minimum atomic E-state index is -0.163. The molecule has 0 unspecified atom stereocenters. The van der Waals surface area contributed by atoms with Gasteiger partial charge < -0.3 is 0 Å². The van der Waals surface area contributed by atoms with E-state index < -0.39 is 0 Å². The molecule has 0 aromatic carbocycles. The Bertz CT molecular complexity index is 365. The quantitative estimate of drug-likeness (QED) is 0.839. The summed E-state index contributed by atoms with van der Waals surface area (Å²) in [5.74, 6) is 3.07. The fourth-order valence-electron chi connectivity index (χ4n) is 6.17. The van der Waals surface area contributed by atoms with E-state index in [9.17, 15) is 5.26 Å². The van der Waals surface area contributed by atoms with Crippen molar-refractivity contribution in [3.8, 4) is 6.07 Å². The Balaban J connectivity index is 1.46. The van der Waals surface area contributed by atoms with Gasteiger partial charge in [-0.15, -0.1) is 0 Å². The molecule has 0 aromatic rings. The predicted molar refractivity (Wildman–Crippen MR) is 75.4 cm³/mol. The van der Waals surface area contributed by atoms with Gasteiger partial charge in [-0.25, -0.2) is 0 Å². The van der Waals surface area contributed by atoms with E-state index >= 15 is 0 Å². The third kappa shape index (κ3) is 2.02. The number of nitrogens with zero attached hydrogens (tertiary/aromatic N) is 1. The zero-order valence-corrected chi connectivity index (χ0v) is 12.0. The minimum Gasteiger partial charge on any atom is -0.299 e. The number of rotatable bonds is 3. The second kappa shape index (κ2) is 4.22. The van der Waals surface area contributed by atoms with E-state index in [1.807, 2.05) is 0 Å². The number of nitrogens with one attached hydrogen (secondary N) is 1. The summed E-state index contributed by atoms with van der Waals surface area (Å²) in [4.78, 5) is 0. The summed E-state index contributed by atoms with van der Waals surface area (Å²) >= 11 is 0. The van der Waals surface area contributed by atoms with E-state index in [2.05, 4.69) is 11.4 Å². The maximum absolute atomic E-state index is 9.52. The molecule has 0 aromatic heterocycles. The first-order valence-corrected chi connectivity index (χ1v) is 8.37. The summed E-state index contributed by atoms with van der Waals surface area (Å²) in [6, 6.07) is 2.60. The van der Waals surface area contributed by atoms with Gasteiger partial charge in [-0.05, 0) is 74.5 Å². The standard InChI is InChI=1S/C17H26N2/c18-11-17(3-1-2-4-17)19-12-16-8-13-5-14(9-16)7-15(6-13)10-16/h13-15,19H,1-10,12H2. The van der Waals surface area contributed by atoms with E-state index in [-0.39, 0.29) is 5.54 Å². The highest BCUT2D eigenvalue weighted by atomic mass is 15.0. The van der Waals surface area contributed by atoms with Crippen LogP contribution in [0.1, 0.15) is 64.2 Å². The van der Waals surface area contributed by atoms with E-state index in [1.165, 1.54) is 51.4 Å². The van der Waals surface area contributed by atoms with Crippen molar-refractivity contribution in [1.29, 1.82) is 5.26 Å². The maximum Gasteiger partial charge on any atom is 0.106 e. The van der Waals surface area contributed by atoms with Crippen LogP contribution in [-0.2, 0) is 0 Å². The van der Waals surface area contributed by atoms with E-state index in [0.717, 1.165) is 37.1 Å². The van der Waals surface area contributed by atoms with Gasteiger partial charge in [0.2, 0.25) is 0 Å².